The molecule has 3 aromatic rings. The van der Waals surface area contributed by atoms with Crippen LogP contribution in [0.25, 0.3) is 0 Å². The van der Waals surface area contributed by atoms with Gasteiger partial charge in [-0.2, -0.15) is 0 Å². The molecule has 0 fully saturated rings. The number of fused-ring (bicyclic) bond motifs is 1. The van der Waals surface area contributed by atoms with Crippen molar-refractivity contribution in [2.24, 2.45) is 4.99 Å². The largest absolute Gasteiger partial charge is 0.465 e. The van der Waals surface area contributed by atoms with Crippen molar-refractivity contribution in [3.05, 3.63) is 101 Å². The second-order valence-electron chi connectivity index (χ2n) is 7.97. The van der Waals surface area contributed by atoms with E-state index in [9.17, 15) is 14.7 Å². The first-order valence-corrected chi connectivity index (χ1v) is 10.2. The molecule has 5 rings (SSSR count). The van der Waals surface area contributed by atoms with Gasteiger partial charge in [-0.05, 0) is 28.8 Å². The maximum atomic E-state index is 12.9. The number of carbonyl (C=O) groups is 2. The van der Waals surface area contributed by atoms with Crippen LogP contribution in [-0.2, 0) is 24.2 Å². The van der Waals surface area contributed by atoms with Gasteiger partial charge in [-0.25, -0.2) is 4.79 Å². The van der Waals surface area contributed by atoms with Gasteiger partial charge < -0.3 is 10.4 Å². The van der Waals surface area contributed by atoms with Gasteiger partial charge in [0.1, 0.15) is 11.4 Å². The summed E-state index contributed by atoms with van der Waals surface area (Å²) in [4.78, 5) is 31.0. The molecule has 6 heteroatoms. The second kappa shape index (κ2) is 7.40. The first-order valence-electron chi connectivity index (χ1n) is 10.2. The highest BCUT2D eigenvalue weighted by Gasteiger charge is 2.48. The van der Waals surface area contributed by atoms with E-state index in [1.807, 2.05) is 78.9 Å². The molecule has 1 atom stereocenters. The quantitative estimate of drug-likeness (QED) is 0.685. The number of hydrogen-bond donors (Lipinski definition) is 2. The van der Waals surface area contributed by atoms with Crippen LogP contribution in [0.3, 0.4) is 0 Å². The minimum absolute atomic E-state index is 0.108. The Morgan fingerprint density at radius 1 is 0.968 bits per heavy atom. The number of nitrogens with one attached hydrogen (secondary N) is 1. The van der Waals surface area contributed by atoms with E-state index in [1.54, 1.807) is 0 Å². The summed E-state index contributed by atoms with van der Waals surface area (Å²) in [5.74, 6) is 0.485. The molecule has 2 amide bonds. The van der Waals surface area contributed by atoms with Crippen LogP contribution in [0.5, 0.6) is 0 Å². The van der Waals surface area contributed by atoms with E-state index < -0.39 is 11.6 Å². The van der Waals surface area contributed by atoms with Crippen molar-refractivity contribution < 1.29 is 14.7 Å². The number of amidine groups is 1. The molecule has 3 aromatic carbocycles. The SMILES string of the molecule is O=C(O)N(Cc1ccccc1)c1ccc2c(c1)CC1(C2)N=C(c2ccccc2)NC1=O. The number of aliphatic imine (C=N–C) groups is 1. The van der Waals surface area contributed by atoms with Gasteiger partial charge in [-0.3, -0.25) is 14.7 Å². The second-order valence-corrected chi connectivity index (χ2v) is 7.97. The van der Waals surface area contributed by atoms with E-state index in [-0.39, 0.29) is 12.5 Å². The van der Waals surface area contributed by atoms with E-state index in [0.717, 1.165) is 22.3 Å². The first kappa shape index (κ1) is 19.1. The van der Waals surface area contributed by atoms with Gasteiger partial charge in [0.15, 0.2) is 0 Å². The van der Waals surface area contributed by atoms with Crippen molar-refractivity contribution in [2.75, 3.05) is 4.90 Å². The molecular formula is C25H21N3O3. The molecule has 0 bridgehead atoms. The molecule has 154 valence electrons. The van der Waals surface area contributed by atoms with E-state index in [0.29, 0.717) is 24.4 Å². The van der Waals surface area contributed by atoms with E-state index in [4.69, 9.17) is 4.99 Å². The zero-order valence-corrected chi connectivity index (χ0v) is 16.8. The summed E-state index contributed by atoms with van der Waals surface area (Å²) in [6.07, 6.45) is -0.0484. The molecular weight excluding hydrogens is 390 g/mol. The first-order chi connectivity index (χ1) is 15.0. The average molecular weight is 411 g/mol. The van der Waals surface area contributed by atoms with Gasteiger partial charge in [-0.15, -0.1) is 0 Å². The Morgan fingerprint density at radius 2 is 1.65 bits per heavy atom. The molecule has 1 aliphatic carbocycles. The van der Waals surface area contributed by atoms with Crippen LogP contribution < -0.4 is 10.2 Å². The van der Waals surface area contributed by atoms with Crippen LogP contribution in [-0.4, -0.2) is 28.5 Å². The fourth-order valence-corrected chi connectivity index (χ4v) is 4.33. The fourth-order valence-electron chi connectivity index (χ4n) is 4.33. The molecule has 1 unspecified atom stereocenters. The summed E-state index contributed by atoms with van der Waals surface area (Å²) in [5, 5.41) is 12.7. The van der Waals surface area contributed by atoms with Crippen molar-refractivity contribution in [3.8, 4) is 0 Å². The lowest BCUT2D eigenvalue weighted by molar-refractivity contribution is -0.123. The molecule has 6 nitrogen and oxygen atoms in total. The molecule has 2 aliphatic rings. The predicted molar refractivity (Wildman–Crippen MR) is 118 cm³/mol. The highest BCUT2D eigenvalue weighted by molar-refractivity contribution is 6.15. The highest BCUT2D eigenvalue weighted by atomic mass is 16.4. The number of benzene rings is 3. The van der Waals surface area contributed by atoms with Crippen LogP contribution >= 0.6 is 0 Å². The normalized spacial score (nSPS) is 19.1. The number of amides is 2. The van der Waals surface area contributed by atoms with Crippen molar-refractivity contribution in [1.82, 2.24) is 5.32 Å². The Labute approximate surface area is 179 Å². The Morgan fingerprint density at radius 3 is 2.35 bits per heavy atom. The highest BCUT2D eigenvalue weighted by Crippen LogP contribution is 2.38. The standard InChI is InChI=1S/C25H21N3O3/c29-23-25(27-22(26-23)18-9-5-2-6-10-18)14-19-11-12-21(13-20(19)15-25)28(24(30)31)16-17-7-3-1-4-8-17/h1-13H,14-16H2,(H,30,31)(H,26,27,29). The zero-order valence-electron chi connectivity index (χ0n) is 16.8. The van der Waals surface area contributed by atoms with Gasteiger partial charge in [0.2, 0.25) is 0 Å². The maximum Gasteiger partial charge on any atom is 0.412 e. The van der Waals surface area contributed by atoms with Crippen molar-refractivity contribution in [2.45, 2.75) is 24.9 Å². The van der Waals surface area contributed by atoms with Gasteiger partial charge in [0.05, 0.1) is 6.54 Å². The zero-order chi connectivity index (χ0) is 21.4. The smallest absolute Gasteiger partial charge is 0.412 e. The number of hydrogen-bond acceptors (Lipinski definition) is 3. The van der Waals surface area contributed by atoms with Crippen LogP contribution in [0, 0.1) is 0 Å². The maximum absolute atomic E-state index is 12.9. The topological polar surface area (TPSA) is 82.0 Å². The lowest BCUT2D eigenvalue weighted by Gasteiger charge is -2.20. The molecule has 2 N–H and O–H groups in total. The number of anilines is 1. The Balaban J connectivity index is 1.44. The Hall–Kier alpha value is -3.93. The van der Waals surface area contributed by atoms with Gasteiger partial charge in [-0.1, -0.05) is 66.7 Å². The summed E-state index contributed by atoms with van der Waals surface area (Å²) in [6, 6.07) is 24.7. The van der Waals surface area contributed by atoms with E-state index in [1.165, 1.54) is 4.90 Å². The summed E-state index contributed by atoms with van der Waals surface area (Å²) in [6.45, 7) is 0.261. The third kappa shape index (κ3) is 3.46. The summed E-state index contributed by atoms with van der Waals surface area (Å²) in [5.41, 5.74) is 3.52. The Bertz CT molecular complexity index is 1190. The van der Waals surface area contributed by atoms with E-state index in [2.05, 4.69) is 5.32 Å². The molecule has 1 spiro atoms. The fraction of sp³-hybridized carbons (Fsp3) is 0.160. The number of carbonyl (C=O) groups excluding carboxylic acids is 1. The van der Waals surface area contributed by atoms with Crippen LogP contribution in [0.2, 0.25) is 0 Å². The molecule has 0 saturated carbocycles. The summed E-state index contributed by atoms with van der Waals surface area (Å²) in [7, 11) is 0. The number of carboxylic acid groups (broad SMARTS) is 1. The minimum Gasteiger partial charge on any atom is -0.465 e. The number of rotatable bonds is 4. The Kier molecular flexibility index (Phi) is 4.55. The molecule has 1 heterocycles. The van der Waals surface area contributed by atoms with Gasteiger partial charge >= 0.3 is 6.09 Å². The lowest BCUT2D eigenvalue weighted by atomic mass is 9.97. The van der Waals surface area contributed by atoms with Crippen molar-refractivity contribution in [3.63, 3.8) is 0 Å². The molecule has 0 saturated heterocycles. The van der Waals surface area contributed by atoms with Gasteiger partial charge in [0.25, 0.3) is 5.91 Å². The molecule has 31 heavy (non-hydrogen) atoms. The van der Waals surface area contributed by atoms with E-state index >= 15 is 0 Å². The van der Waals surface area contributed by atoms with Gasteiger partial charge in [0, 0.05) is 24.1 Å². The third-order valence-electron chi connectivity index (χ3n) is 5.91. The van der Waals surface area contributed by atoms with Crippen molar-refractivity contribution >= 4 is 23.5 Å². The lowest BCUT2D eigenvalue weighted by Crippen LogP contribution is -2.40. The third-order valence-corrected chi connectivity index (χ3v) is 5.91. The molecule has 0 aromatic heterocycles. The van der Waals surface area contributed by atoms with Crippen LogP contribution in [0.4, 0.5) is 10.5 Å². The average Bonchev–Trinajstić information content (AvgIpc) is 3.32. The molecule has 1 aliphatic heterocycles. The van der Waals surface area contributed by atoms with Crippen molar-refractivity contribution in [1.29, 1.82) is 0 Å². The summed E-state index contributed by atoms with van der Waals surface area (Å²) >= 11 is 0. The van der Waals surface area contributed by atoms with Crippen LogP contribution in [0.1, 0.15) is 22.3 Å². The minimum atomic E-state index is -1.01. The predicted octanol–water partition coefficient (Wildman–Crippen LogP) is 3.79. The van der Waals surface area contributed by atoms with Crippen LogP contribution in [0.15, 0.2) is 83.9 Å². The molecule has 0 radical (unpaired) electrons. The summed E-state index contributed by atoms with van der Waals surface area (Å²) < 4.78 is 0. The number of nitrogens with zero attached hydrogens (tertiary/aromatic N) is 2. The monoisotopic (exact) mass is 411 g/mol.